The summed E-state index contributed by atoms with van der Waals surface area (Å²) in [5.74, 6) is -0.117. The molecule has 0 aliphatic carbocycles. The smallest absolute Gasteiger partial charge is 0.289 e. The van der Waals surface area contributed by atoms with Gasteiger partial charge in [0.1, 0.15) is 11.4 Å². The first-order chi connectivity index (χ1) is 14.9. The molecule has 3 rings (SSSR count). The highest BCUT2D eigenvalue weighted by atomic mass is 35.5. The van der Waals surface area contributed by atoms with Gasteiger partial charge in [0, 0.05) is 16.7 Å². The number of carbonyl (C=O) groups is 1. The number of amides is 1. The molecule has 0 bridgehead atoms. The van der Waals surface area contributed by atoms with Crippen molar-refractivity contribution in [3.05, 3.63) is 69.9 Å². The van der Waals surface area contributed by atoms with Crippen LogP contribution < -0.4 is 5.43 Å². The zero-order valence-electron chi connectivity index (χ0n) is 19.2. The lowest BCUT2D eigenvalue weighted by atomic mass is 9.78. The summed E-state index contributed by atoms with van der Waals surface area (Å²) in [7, 11) is 0. The molecule has 0 atom stereocenters. The third kappa shape index (κ3) is 5.19. The van der Waals surface area contributed by atoms with Crippen LogP contribution in [-0.2, 0) is 10.8 Å². The Morgan fingerprint density at radius 2 is 1.66 bits per heavy atom. The minimum absolute atomic E-state index is 0.248. The molecule has 32 heavy (non-hydrogen) atoms. The predicted octanol–water partition coefficient (Wildman–Crippen LogP) is 5.79. The van der Waals surface area contributed by atoms with Crippen molar-refractivity contribution < 1.29 is 9.90 Å². The number of nitrogens with zero attached hydrogens (tertiary/aromatic N) is 2. The van der Waals surface area contributed by atoms with Crippen molar-refractivity contribution in [1.82, 2.24) is 15.6 Å². The first-order valence-corrected chi connectivity index (χ1v) is 10.8. The number of rotatable bonds is 4. The van der Waals surface area contributed by atoms with Gasteiger partial charge in [-0.1, -0.05) is 71.3 Å². The highest BCUT2D eigenvalue weighted by molar-refractivity contribution is 6.33. The maximum absolute atomic E-state index is 12.5. The molecule has 0 saturated carbocycles. The van der Waals surface area contributed by atoms with E-state index in [4.69, 9.17) is 11.6 Å². The molecule has 0 aliphatic rings. The van der Waals surface area contributed by atoms with E-state index < -0.39 is 5.91 Å². The quantitative estimate of drug-likeness (QED) is 0.345. The van der Waals surface area contributed by atoms with Crippen LogP contribution in [-0.4, -0.2) is 27.4 Å². The van der Waals surface area contributed by atoms with Crippen molar-refractivity contribution in [2.45, 2.75) is 52.4 Å². The topological polar surface area (TPSA) is 90.4 Å². The van der Waals surface area contributed by atoms with Crippen LogP contribution in [0.3, 0.4) is 0 Å². The molecule has 6 nitrogen and oxygen atoms in total. The lowest BCUT2D eigenvalue weighted by molar-refractivity contribution is 0.0950. The van der Waals surface area contributed by atoms with E-state index >= 15 is 0 Å². The van der Waals surface area contributed by atoms with E-state index in [9.17, 15) is 9.90 Å². The number of halogens is 1. The molecular formula is C25H29ClN4O2. The summed E-state index contributed by atoms with van der Waals surface area (Å²) in [4.78, 5) is 12.5. The highest BCUT2D eigenvalue weighted by Crippen LogP contribution is 2.39. The van der Waals surface area contributed by atoms with E-state index in [1.807, 2.05) is 71.9 Å². The minimum atomic E-state index is -0.419. The van der Waals surface area contributed by atoms with Gasteiger partial charge in [0.25, 0.3) is 5.91 Å². The summed E-state index contributed by atoms with van der Waals surface area (Å²) in [6, 6.07) is 12.7. The molecule has 0 fully saturated rings. The number of aromatic nitrogens is 2. The van der Waals surface area contributed by atoms with Gasteiger partial charge in [0.15, 0.2) is 0 Å². The first-order valence-electron chi connectivity index (χ1n) is 10.4. The van der Waals surface area contributed by atoms with E-state index in [0.29, 0.717) is 16.5 Å². The number of hydrazone groups is 1. The van der Waals surface area contributed by atoms with Crippen LogP contribution in [0.2, 0.25) is 5.02 Å². The fourth-order valence-electron chi connectivity index (χ4n) is 3.35. The van der Waals surface area contributed by atoms with E-state index in [-0.39, 0.29) is 16.5 Å². The molecule has 0 aliphatic heterocycles. The highest BCUT2D eigenvalue weighted by Gasteiger charge is 2.26. The SMILES string of the molecule is CC(C)(C)c1cc(/C=N/NC(=O)c2cc(-c3ccccc3Cl)n[nH]2)cc(C(C)(C)C)c1O. The molecule has 1 aromatic heterocycles. The lowest BCUT2D eigenvalue weighted by Gasteiger charge is -2.27. The number of phenols is 1. The number of aromatic amines is 1. The maximum Gasteiger partial charge on any atom is 0.289 e. The number of H-pyrrole nitrogens is 1. The zero-order valence-corrected chi connectivity index (χ0v) is 20.0. The van der Waals surface area contributed by atoms with Crippen LogP contribution >= 0.6 is 11.6 Å². The van der Waals surface area contributed by atoms with Crippen molar-refractivity contribution in [2.75, 3.05) is 0 Å². The molecule has 0 saturated heterocycles. The van der Waals surface area contributed by atoms with Crippen LogP contribution in [0.25, 0.3) is 11.3 Å². The van der Waals surface area contributed by atoms with Crippen molar-refractivity contribution in [3.63, 3.8) is 0 Å². The van der Waals surface area contributed by atoms with Gasteiger partial charge in [0.05, 0.1) is 16.9 Å². The monoisotopic (exact) mass is 452 g/mol. The fraction of sp³-hybridized carbons (Fsp3) is 0.320. The Kier molecular flexibility index (Phi) is 6.46. The van der Waals surface area contributed by atoms with Crippen LogP contribution in [0, 0.1) is 0 Å². The zero-order chi connectivity index (χ0) is 23.7. The molecule has 0 unspecified atom stereocenters. The standard InChI is InChI=1S/C25H29ClN4O2/c1-24(2,3)17-11-15(12-18(22(17)31)25(4,5)6)14-27-30-23(32)21-13-20(28-29-21)16-9-7-8-10-19(16)26/h7-14,31H,1-6H3,(H,28,29)(H,30,32)/b27-14+. The van der Waals surface area contributed by atoms with Crippen molar-refractivity contribution in [3.8, 4) is 17.0 Å². The number of carbonyl (C=O) groups excluding carboxylic acids is 1. The molecular weight excluding hydrogens is 424 g/mol. The molecule has 0 spiro atoms. The summed E-state index contributed by atoms with van der Waals surface area (Å²) in [6.07, 6.45) is 1.58. The van der Waals surface area contributed by atoms with Crippen LogP contribution in [0.4, 0.5) is 0 Å². The summed E-state index contributed by atoms with van der Waals surface area (Å²) in [5, 5.41) is 22.4. The van der Waals surface area contributed by atoms with Gasteiger partial charge in [-0.3, -0.25) is 9.89 Å². The fourth-order valence-corrected chi connectivity index (χ4v) is 3.58. The number of hydrogen-bond donors (Lipinski definition) is 3. The molecule has 168 valence electrons. The number of phenolic OH excluding ortho intramolecular Hbond substituents is 1. The molecule has 2 aromatic carbocycles. The third-order valence-electron chi connectivity index (χ3n) is 5.10. The second kappa shape index (κ2) is 8.79. The molecule has 0 radical (unpaired) electrons. The largest absolute Gasteiger partial charge is 0.507 e. The van der Waals surface area contributed by atoms with E-state index in [0.717, 1.165) is 22.3 Å². The first kappa shape index (κ1) is 23.5. The van der Waals surface area contributed by atoms with Crippen molar-refractivity contribution in [2.24, 2.45) is 5.10 Å². The average molecular weight is 453 g/mol. The lowest BCUT2D eigenvalue weighted by Crippen LogP contribution is -2.19. The number of aromatic hydroxyl groups is 1. The Balaban J connectivity index is 1.82. The summed E-state index contributed by atoms with van der Waals surface area (Å²) in [6.45, 7) is 12.3. The normalized spacial score (nSPS) is 12.3. The molecule has 7 heteroatoms. The van der Waals surface area contributed by atoms with E-state index in [1.165, 1.54) is 0 Å². The Morgan fingerprint density at radius 3 is 2.22 bits per heavy atom. The minimum Gasteiger partial charge on any atom is -0.507 e. The Morgan fingerprint density at radius 1 is 1.06 bits per heavy atom. The number of nitrogens with one attached hydrogen (secondary N) is 2. The van der Waals surface area contributed by atoms with E-state index in [1.54, 1.807) is 18.3 Å². The second-order valence-electron chi connectivity index (χ2n) is 9.81. The van der Waals surface area contributed by atoms with Gasteiger partial charge < -0.3 is 5.11 Å². The summed E-state index contributed by atoms with van der Waals surface area (Å²) >= 11 is 6.20. The molecule has 1 heterocycles. The van der Waals surface area contributed by atoms with Crippen LogP contribution in [0.15, 0.2) is 47.6 Å². The van der Waals surface area contributed by atoms with Gasteiger partial charge >= 0.3 is 0 Å². The molecule has 3 N–H and O–H groups in total. The van der Waals surface area contributed by atoms with Crippen LogP contribution in [0.5, 0.6) is 5.75 Å². The van der Waals surface area contributed by atoms with Crippen molar-refractivity contribution >= 4 is 23.7 Å². The van der Waals surface area contributed by atoms with Gasteiger partial charge in [-0.15, -0.1) is 0 Å². The van der Waals surface area contributed by atoms with Crippen molar-refractivity contribution in [1.29, 1.82) is 0 Å². The Hall–Kier alpha value is -3.12. The van der Waals surface area contributed by atoms with Gasteiger partial charge in [-0.05, 0) is 40.7 Å². The van der Waals surface area contributed by atoms with Gasteiger partial charge in [-0.25, -0.2) is 5.43 Å². The maximum atomic E-state index is 12.5. The summed E-state index contributed by atoms with van der Waals surface area (Å²) in [5.41, 5.74) is 6.06. The summed E-state index contributed by atoms with van der Waals surface area (Å²) < 4.78 is 0. The number of benzene rings is 2. The van der Waals surface area contributed by atoms with Gasteiger partial charge in [0.2, 0.25) is 0 Å². The second-order valence-corrected chi connectivity index (χ2v) is 10.2. The van der Waals surface area contributed by atoms with E-state index in [2.05, 4.69) is 20.7 Å². The molecule has 3 aromatic rings. The Bertz CT molecular complexity index is 1130. The van der Waals surface area contributed by atoms with Gasteiger partial charge in [-0.2, -0.15) is 10.2 Å². The molecule has 1 amide bonds. The Labute approximate surface area is 193 Å². The average Bonchev–Trinajstić information content (AvgIpc) is 3.17. The predicted molar refractivity (Wildman–Crippen MR) is 130 cm³/mol. The third-order valence-corrected chi connectivity index (χ3v) is 5.43. The van der Waals surface area contributed by atoms with Crippen LogP contribution in [0.1, 0.15) is 68.7 Å². The number of hydrogen-bond acceptors (Lipinski definition) is 4.